The fourth-order valence-electron chi connectivity index (χ4n) is 2.74. The molecular formula is C24H26N2O2S. The highest BCUT2D eigenvalue weighted by Gasteiger charge is 2.10. The van der Waals surface area contributed by atoms with Gasteiger partial charge in [0.25, 0.3) is 5.91 Å². The standard InChI is InChI=1S/C24H26N2O2S/c1-4-18(3)29-22-10-11-23(17(2)13-22)26-24(27)20-8-5-9-21(14-20)28-16-19-7-6-12-25-15-19/h5-15,18H,4,16H2,1-3H3,(H,26,27). The molecule has 0 aliphatic heterocycles. The van der Waals surface area contributed by atoms with Gasteiger partial charge in [0.15, 0.2) is 0 Å². The first-order valence-electron chi connectivity index (χ1n) is 9.75. The summed E-state index contributed by atoms with van der Waals surface area (Å²) < 4.78 is 5.80. The Labute approximate surface area is 176 Å². The number of anilines is 1. The second kappa shape index (κ2) is 10.1. The van der Waals surface area contributed by atoms with E-state index in [1.54, 1.807) is 24.5 Å². The van der Waals surface area contributed by atoms with Crippen molar-refractivity contribution in [2.75, 3.05) is 5.32 Å². The molecule has 0 aliphatic carbocycles. The van der Waals surface area contributed by atoms with Crippen LogP contribution in [0.25, 0.3) is 0 Å². The van der Waals surface area contributed by atoms with Crippen LogP contribution in [0.1, 0.15) is 41.8 Å². The summed E-state index contributed by atoms with van der Waals surface area (Å²) in [4.78, 5) is 18.0. The van der Waals surface area contributed by atoms with Crippen molar-refractivity contribution in [3.63, 3.8) is 0 Å². The Morgan fingerprint density at radius 2 is 2.03 bits per heavy atom. The van der Waals surface area contributed by atoms with E-state index in [4.69, 9.17) is 4.74 Å². The van der Waals surface area contributed by atoms with Gasteiger partial charge in [-0.05, 0) is 61.4 Å². The molecule has 1 unspecified atom stereocenters. The molecule has 1 amide bonds. The number of rotatable bonds is 8. The van der Waals surface area contributed by atoms with Crippen molar-refractivity contribution in [3.8, 4) is 5.75 Å². The summed E-state index contributed by atoms with van der Waals surface area (Å²) in [6.45, 7) is 6.84. The summed E-state index contributed by atoms with van der Waals surface area (Å²) in [5.41, 5.74) is 3.42. The van der Waals surface area contributed by atoms with E-state index < -0.39 is 0 Å². The average molecular weight is 407 g/mol. The molecule has 3 rings (SSSR count). The van der Waals surface area contributed by atoms with Crippen molar-refractivity contribution in [1.82, 2.24) is 4.98 Å². The average Bonchev–Trinajstić information content (AvgIpc) is 2.75. The third-order valence-electron chi connectivity index (χ3n) is 4.58. The van der Waals surface area contributed by atoms with Crippen molar-refractivity contribution >= 4 is 23.4 Å². The molecule has 1 aromatic heterocycles. The van der Waals surface area contributed by atoms with E-state index in [0.717, 1.165) is 23.2 Å². The molecule has 29 heavy (non-hydrogen) atoms. The number of amides is 1. The van der Waals surface area contributed by atoms with Crippen LogP contribution in [-0.4, -0.2) is 16.1 Å². The van der Waals surface area contributed by atoms with Crippen LogP contribution >= 0.6 is 11.8 Å². The Balaban J connectivity index is 1.64. The minimum Gasteiger partial charge on any atom is -0.489 e. The van der Waals surface area contributed by atoms with Crippen LogP contribution in [0.3, 0.4) is 0 Å². The topological polar surface area (TPSA) is 51.2 Å². The van der Waals surface area contributed by atoms with E-state index in [9.17, 15) is 4.79 Å². The number of aryl methyl sites for hydroxylation is 1. The van der Waals surface area contributed by atoms with Gasteiger partial charge in [-0.1, -0.05) is 26.0 Å². The summed E-state index contributed by atoms with van der Waals surface area (Å²) in [6, 6.07) is 17.2. The van der Waals surface area contributed by atoms with E-state index in [1.807, 2.05) is 49.0 Å². The lowest BCUT2D eigenvalue weighted by Crippen LogP contribution is -2.13. The van der Waals surface area contributed by atoms with Crippen molar-refractivity contribution in [2.24, 2.45) is 0 Å². The van der Waals surface area contributed by atoms with Crippen LogP contribution in [0, 0.1) is 6.92 Å². The Bertz CT molecular complexity index is 960. The SMILES string of the molecule is CCC(C)Sc1ccc(NC(=O)c2cccc(OCc3cccnc3)c2)c(C)c1. The maximum atomic E-state index is 12.7. The van der Waals surface area contributed by atoms with E-state index in [0.29, 0.717) is 23.2 Å². The Morgan fingerprint density at radius 1 is 1.17 bits per heavy atom. The number of carbonyl (C=O) groups is 1. The Kier molecular flexibility index (Phi) is 7.30. The monoisotopic (exact) mass is 406 g/mol. The molecule has 4 nitrogen and oxygen atoms in total. The maximum Gasteiger partial charge on any atom is 0.255 e. The van der Waals surface area contributed by atoms with E-state index in [1.165, 1.54) is 4.90 Å². The van der Waals surface area contributed by atoms with E-state index >= 15 is 0 Å². The third-order valence-corrected chi connectivity index (χ3v) is 5.84. The first kappa shape index (κ1) is 20.9. The molecule has 2 aromatic carbocycles. The fraction of sp³-hybridized carbons (Fsp3) is 0.250. The van der Waals surface area contributed by atoms with Gasteiger partial charge in [-0.2, -0.15) is 0 Å². The number of aromatic nitrogens is 1. The fourth-order valence-corrected chi connectivity index (χ4v) is 3.76. The normalized spacial score (nSPS) is 11.7. The van der Waals surface area contributed by atoms with Gasteiger partial charge in [0.1, 0.15) is 12.4 Å². The lowest BCUT2D eigenvalue weighted by molar-refractivity contribution is 0.102. The number of hydrogen-bond acceptors (Lipinski definition) is 4. The number of nitrogens with zero attached hydrogens (tertiary/aromatic N) is 1. The van der Waals surface area contributed by atoms with Crippen molar-refractivity contribution < 1.29 is 9.53 Å². The molecule has 0 saturated carbocycles. The van der Waals surface area contributed by atoms with Crippen LogP contribution < -0.4 is 10.1 Å². The predicted molar refractivity (Wildman–Crippen MR) is 120 cm³/mol. The maximum absolute atomic E-state index is 12.7. The molecule has 150 valence electrons. The Hall–Kier alpha value is -2.79. The van der Waals surface area contributed by atoms with Crippen molar-refractivity contribution in [3.05, 3.63) is 83.7 Å². The van der Waals surface area contributed by atoms with Gasteiger partial charge < -0.3 is 10.1 Å². The molecule has 0 aliphatic rings. The Morgan fingerprint density at radius 3 is 2.76 bits per heavy atom. The van der Waals surface area contributed by atoms with Crippen LogP contribution in [0.4, 0.5) is 5.69 Å². The number of thioether (sulfide) groups is 1. The van der Waals surface area contributed by atoms with Gasteiger partial charge in [0.2, 0.25) is 0 Å². The molecule has 5 heteroatoms. The molecule has 1 heterocycles. The number of ether oxygens (including phenoxy) is 1. The number of carbonyl (C=O) groups excluding carboxylic acids is 1. The molecule has 0 saturated heterocycles. The highest BCUT2D eigenvalue weighted by molar-refractivity contribution is 7.99. The summed E-state index contributed by atoms with van der Waals surface area (Å²) >= 11 is 1.85. The predicted octanol–water partition coefficient (Wildman–Crippen LogP) is 6.11. The number of nitrogens with one attached hydrogen (secondary N) is 1. The molecule has 0 fully saturated rings. The second-order valence-corrected chi connectivity index (χ2v) is 8.46. The van der Waals surface area contributed by atoms with Gasteiger partial charge in [0, 0.05) is 39.4 Å². The first-order valence-corrected chi connectivity index (χ1v) is 10.6. The minimum atomic E-state index is -0.151. The van der Waals surface area contributed by atoms with Gasteiger partial charge in [0.05, 0.1) is 0 Å². The lowest BCUT2D eigenvalue weighted by atomic mass is 10.1. The molecule has 3 aromatic rings. The molecule has 1 atom stereocenters. The zero-order valence-corrected chi connectivity index (χ0v) is 17.8. The van der Waals surface area contributed by atoms with Crippen molar-refractivity contribution in [2.45, 2.75) is 43.9 Å². The summed E-state index contributed by atoms with van der Waals surface area (Å²) in [6.07, 6.45) is 4.62. The van der Waals surface area contributed by atoms with Crippen LogP contribution in [0.15, 0.2) is 71.9 Å². The molecule has 0 bridgehead atoms. The highest BCUT2D eigenvalue weighted by atomic mass is 32.2. The highest BCUT2D eigenvalue weighted by Crippen LogP contribution is 2.28. The summed E-state index contributed by atoms with van der Waals surface area (Å²) in [5, 5.41) is 3.58. The number of hydrogen-bond donors (Lipinski definition) is 1. The molecule has 0 spiro atoms. The minimum absolute atomic E-state index is 0.151. The largest absolute Gasteiger partial charge is 0.489 e. The number of pyridine rings is 1. The van der Waals surface area contributed by atoms with Crippen LogP contribution in [0.5, 0.6) is 5.75 Å². The zero-order chi connectivity index (χ0) is 20.6. The van der Waals surface area contributed by atoms with Gasteiger partial charge in [-0.15, -0.1) is 11.8 Å². The second-order valence-electron chi connectivity index (χ2n) is 6.95. The van der Waals surface area contributed by atoms with Crippen molar-refractivity contribution in [1.29, 1.82) is 0 Å². The summed E-state index contributed by atoms with van der Waals surface area (Å²) in [7, 11) is 0. The summed E-state index contributed by atoms with van der Waals surface area (Å²) in [5.74, 6) is 0.501. The van der Waals surface area contributed by atoms with Crippen LogP contribution in [0.2, 0.25) is 0 Å². The quantitative estimate of drug-likeness (QED) is 0.458. The van der Waals surface area contributed by atoms with E-state index in [2.05, 4.69) is 36.3 Å². The van der Waals surface area contributed by atoms with Crippen LogP contribution in [-0.2, 0) is 6.61 Å². The van der Waals surface area contributed by atoms with Gasteiger partial charge in [-0.25, -0.2) is 0 Å². The van der Waals surface area contributed by atoms with Gasteiger partial charge >= 0.3 is 0 Å². The molecule has 1 N–H and O–H groups in total. The molecular weight excluding hydrogens is 380 g/mol. The lowest BCUT2D eigenvalue weighted by Gasteiger charge is -2.13. The molecule has 0 radical (unpaired) electrons. The van der Waals surface area contributed by atoms with Gasteiger partial charge in [-0.3, -0.25) is 9.78 Å². The smallest absolute Gasteiger partial charge is 0.255 e. The third kappa shape index (κ3) is 6.09. The van der Waals surface area contributed by atoms with E-state index in [-0.39, 0.29) is 5.91 Å². The first-order chi connectivity index (χ1) is 14.0. The number of benzene rings is 2. The zero-order valence-electron chi connectivity index (χ0n) is 17.0.